The summed E-state index contributed by atoms with van der Waals surface area (Å²) in [7, 11) is 0. The van der Waals surface area contributed by atoms with E-state index < -0.39 is 0 Å². The van der Waals surface area contributed by atoms with Gasteiger partial charge in [0, 0.05) is 44.0 Å². The van der Waals surface area contributed by atoms with Crippen LogP contribution in [0.25, 0.3) is 111 Å². The molecule has 0 saturated heterocycles. The zero-order valence-electron chi connectivity index (χ0n) is 34.9. The first-order valence-electron chi connectivity index (χ1n) is 21.5. The third-order valence-corrected chi connectivity index (χ3v) is 12.9. The van der Waals surface area contributed by atoms with E-state index in [2.05, 4.69) is 202 Å². The van der Waals surface area contributed by atoms with Crippen LogP contribution in [0.15, 0.2) is 206 Å². The van der Waals surface area contributed by atoms with Gasteiger partial charge in [-0.05, 0) is 86.6 Å². The average molecular weight is 805 g/mol. The summed E-state index contributed by atoms with van der Waals surface area (Å²) in [5.74, 6) is 0.687. The highest BCUT2D eigenvalue weighted by atomic mass is 14.9. The normalized spacial score (nSPS) is 12.7. The van der Waals surface area contributed by atoms with Gasteiger partial charge >= 0.3 is 0 Å². The van der Waals surface area contributed by atoms with Crippen LogP contribution in [-0.4, -0.2) is 19.9 Å². The van der Waals surface area contributed by atoms with Crippen LogP contribution in [0.4, 0.5) is 0 Å². The van der Waals surface area contributed by atoms with Crippen molar-refractivity contribution in [2.24, 2.45) is 0 Å². The Labute approximate surface area is 366 Å². The maximum Gasteiger partial charge on any atom is 0.160 e. The van der Waals surface area contributed by atoms with Crippen LogP contribution in [0.5, 0.6) is 0 Å². The molecule has 12 rings (SSSR count). The first-order chi connectivity index (χ1) is 30.9. The summed E-state index contributed by atoms with van der Waals surface area (Å²) in [6.07, 6.45) is 0. The maximum atomic E-state index is 5.34. The summed E-state index contributed by atoms with van der Waals surface area (Å²) in [5, 5.41) is 4.47. The first-order valence-corrected chi connectivity index (χ1v) is 21.5. The lowest BCUT2D eigenvalue weighted by Crippen LogP contribution is -2.14. The van der Waals surface area contributed by atoms with Crippen LogP contribution in [-0.2, 0) is 5.41 Å². The lowest BCUT2D eigenvalue weighted by molar-refractivity contribution is 0.660. The predicted molar refractivity (Wildman–Crippen MR) is 260 cm³/mol. The van der Waals surface area contributed by atoms with E-state index in [-0.39, 0.29) is 5.41 Å². The minimum Gasteiger partial charge on any atom is -0.245 e. The molecule has 4 heteroatoms. The average Bonchev–Trinajstić information content (AvgIpc) is 3.58. The Morgan fingerprint density at radius 1 is 0.286 bits per heavy atom. The van der Waals surface area contributed by atoms with E-state index in [1.807, 2.05) is 18.2 Å². The minimum atomic E-state index is -0.0581. The van der Waals surface area contributed by atoms with Gasteiger partial charge < -0.3 is 0 Å². The molecule has 3 heterocycles. The lowest BCUT2D eigenvalue weighted by Gasteiger charge is -2.22. The summed E-state index contributed by atoms with van der Waals surface area (Å²) in [6, 6.07) is 73.1. The molecule has 0 saturated carbocycles. The van der Waals surface area contributed by atoms with Gasteiger partial charge in [0.15, 0.2) is 5.82 Å². The van der Waals surface area contributed by atoms with Gasteiger partial charge in [-0.15, -0.1) is 0 Å². The molecular formula is C59H40N4. The SMILES string of the molecule is CC1(C)c2ccccc2-c2ccc(-c3cccc(-c4ccc5ccc6ccc(-c7cccc(-c8cc(-c9ccc%10ccccc%10c9)nc(-c9ccccc9)n8)c7)nc6c5n4)c3)cc21. The molecule has 0 atom stereocenters. The van der Waals surface area contributed by atoms with E-state index in [1.165, 1.54) is 44.2 Å². The Morgan fingerprint density at radius 3 is 1.49 bits per heavy atom. The molecular weight excluding hydrogens is 765 g/mol. The zero-order chi connectivity index (χ0) is 42.1. The van der Waals surface area contributed by atoms with Crippen LogP contribution in [0.1, 0.15) is 25.0 Å². The highest BCUT2D eigenvalue weighted by molar-refractivity contribution is 6.04. The molecule has 0 fully saturated rings. The van der Waals surface area contributed by atoms with Gasteiger partial charge in [0.05, 0.1) is 33.8 Å². The number of fused-ring (bicyclic) bond motifs is 7. The van der Waals surface area contributed by atoms with Crippen molar-refractivity contribution in [2.45, 2.75) is 19.3 Å². The molecule has 1 aliphatic carbocycles. The summed E-state index contributed by atoms with van der Waals surface area (Å²) in [5.41, 5.74) is 18.1. The second kappa shape index (κ2) is 14.5. The fourth-order valence-electron chi connectivity index (χ4n) is 9.48. The number of pyridine rings is 2. The Bertz CT molecular complexity index is 3610. The fourth-order valence-corrected chi connectivity index (χ4v) is 9.48. The van der Waals surface area contributed by atoms with Crippen molar-refractivity contribution in [2.75, 3.05) is 0 Å². The Hall–Kier alpha value is -8.08. The standard InChI is InChI=1S/C59H40N4/c1-59(2)50-21-9-8-20-48(50)49-29-26-43(35-51(49)59)42-16-10-17-44(33-42)52-30-27-38-23-24-39-28-31-53(61-57(39)56(38)60-52)45-18-11-19-46(34-45)54-36-55(63-58(62-54)40-13-4-3-5-14-40)47-25-22-37-12-6-7-15-41(37)32-47/h3-36H,1-2H3. The molecule has 0 aliphatic heterocycles. The molecule has 0 spiro atoms. The molecule has 3 aromatic heterocycles. The highest BCUT2D eigenvalue weighted by Gasteiger charge is 2.35. The van der Waals surface area contributed by atoms with E-state index in [0.717, 1.165) is 72.4 Å². The van der Waals surface area contributed by atoms with Gasteiger partial charge in [0.25, 0.3) is 0 Å². The maximum absolute atomic E-state index is 5.34. The van der Waals surface area contributed by atoms with Crippen molar-refractivity contribution < 1.29 is 0 Å². The smallest absolute Gasteiger partial charge is 0.160 e. The molecule has 0 radical (unpaired) electrons. The summed E-state index contributed by atoms with van der Waals surface area (Å²) in [4.78, 5) is 20.9. The predicted octanol–water partition coefficient (Wildman–Crippen LogP) is 15.0. The molecule has 8 aromatic carbocycles. The van der Waals surface area contributed by atoms with E-state index in [1.54, 1.807) is 0 Å². The molecule has 1 aliphatic rings. The van der Waals surface area contributed by atoms with Gasteiger partial charge in [-0.2, -0.15) is 0 Å². The fraction of sp³-hybridized carbons (Fsp3) is 0.0508. The van der Waals surface area contributed by atoms with Crippen molar-refractivity contribution >= 4 is 32.6 Å². The minimum absolute atomic E-state index is 0.0581. The number of rotatable bonds is 6. The second-order valence-corrected chi connectivity index (χ2v) is 17.1. The molecule has 4 nitrogen and oxygen atoms in total. The monoisotopic (exact) mass is 804 g/mol. The number of hydrogen-bond donors (Lipinski definition) is 0. The zero-order valence-corrected chi connectivity index (χ0v) is 34.9. The molecule has 11 aromatic rings. The van der Waals surface area contributed by atoms with Crippen LogP contribution in [0, 0.1) is 0 Å². The largest absolute Gasteiger partial charge is 0.245 e. The second-order valence-electron chi connectivity index (χ2n) is 17.1. The quantitative estimate of drug-likeness (QED) is 0.157. The van der Waals surface area contributed by atoms with Crippen LogP contribution in [0.2, 0.25) is 0 Å². The Kier molecular flexibility index (Phi) is 8.48. The molecule has 0 bridgehead atoms. The van der Waals surface area contributed by atoms with Gasteiger partial charge in [-0.25, -0.2) is 19.9 Å². The van der Waals surface area contributed by atoms with E-state index in [4.69, 9.17) is 19.9 Å². The van der Waals surface area contributed by atoms with Crippen LogP contribution >= 0.6 is 0 Å². The third-order valence-electron chi connectivity index (χ3n) is 12.9. The topological polar surface area (TPSA) is 51.6 Å². The van der Waals surface area contributed by atoms with E-state index in [9.17, 15) is 0 Å². The van der Waals surface area contributed by atoms with Gasteiger partial charge in [-0.3, -0.25) is 0 Å². The molecule has 296 valence electrons. The van der Waals surface area contributed by atoms with Crippen molar-refractivity contribution in [3.63, 3.8) is 0 Å². The molecule has 0 unspecified atom stereocenters. The van der Waals surface area contributed by atoms with E-state index in [0.29, 0.717) is 5.82 Å². The summed E-state index contributed by atoms with van der Waals surface area (Å²) in [6.45, 7) is 4.67. The Balaban J connectivity index is 0.915. The molecule has 0 amide bonds. The van der Waals surface area contributed by atoms with Crippen LogP contribution in [0.3, 0.4) is 0 Å². The summed E-state index contributed by atoms with van der Waals surface area (Å²) >= 11 is 0. The summed E-state index contributed by atoms with van der Waals surface area (Å²) < 4.78 is 0. The van der Waals surface area contributed by atoms with Crippen molar-refractivity contribution in [3.8, 4) is 78.7 Å². The van der Waals surface area contributed by atoms with E-state index >= 15 is 0 Å². The number of nitrogens with zero attached hydrogens (tertiary/aromatic N) is 4. The van der Waals surface area contributed by atoms with Crippen molar-refractivity contribution in [3.05, 3.63) is 217 Å². The van der Waals surface area contributed by atoms with Gasteiger partial charge in [0.2, 0.25) is 0 Å². The van der Waals surface area contributed by atoms with Crippen molar-refractivity contribution in [1.29, 1.82) is 0 Å². The Morgan fingerprint density at radius 2 is 0.778 bits per heavy atom. The number of benzene rings is 8. The number of hydrogen-bond acceptors (Lipinski definition) is 4. The van der Waals surface area contributed by atoms with Crippen molar-refractivity contribution in [1.82, 2.24) is 19.9 Å². The van der Waals surface area contributed by atoms with Gasteiger partial charge in [-0.1, -0.05) is 178 Å². The van der Waals surface area contributed by atoms with Gasteiger partial charge in [0.1, 0.15) is 0 Å². The molecule has 63 heavy (non-hydrogen) atoms. The number of aromatic nitrogens is 4. The first kappa shape index (κ1) is 36.7. The lowest BCUT2D eigenvalue weighted by atomic mass is 9.81. The van der Waals surface area contributed by atoms with Crippen LogP contribution < -0.4 is 0 Å². The third kappa shape index (κ3) is 6.38. The highest BCUT2D eigenvalue weighted by Crippen LogP contribution is 2.49. The molecule has 0 N–H and O–H groups in total.